The zero-order valence-electron chi connectivity index (χ0n) is 37.5. The summed E-state index contributed by atoms with van der Waals surface area (Å²) in [7, 11) is 0. The van der Waals surface area contributed by atoms with Crippen molar-refractivity contribution in [2.24, 2.45) is 0 Å². The zero-order chi connectivity index (χ0) is 42.1. The minimum atomic E-state index is -0.867. The van der Waals surface area contributed by atoms with Crippen LogP contribution >= 0.6 is 0 Å². The van der Waals surface area contributed by atoms with Gasteiger partial charge in [-0.05, 0) is 96.3 Å². The van der Waals surface area contributed by atoms with Crippen molar-refractivity contribution in [1.82, 2.24) is 5.32 Å². The molecule has 1 amide bonds. The SMILES string of the molecule is CC/C=C\C/C=C\C/C=C\C/C=C\C/C=C\C/C=C\C/C=C\C/C=C\CCCCCCCCCCCCCCC(=O)NC(CO)C(O)/C=C/CC/C=C/CCCCC. The van der Waals surface area contributed by atoms with Gasteiger partial charge in [-0.15, -0.1) is 0 Å². The minimum absolute atomic E-state index is 0.0851. The van der Waals surface area contributed by atoms with Crippen LogP contribution in [0.25, 0.3) is 0 Å². The lowest BCUT2D eigenvalue weighted by molar-refractivity contribution is -0.123. The number of amides is 1. The van der Waals surface area contributed by atoms with Gasteiger partial charge < -0.3 is 15.5 Å². The number of allylic oxidation sites excluding steroid dienone is 19. The first-order valence-corrected chi connectivity index (χ1v) is 23.7. The molecule has 58 heavy (non-hydrogen) atoms. The molecule has 328 valence electrons. The molecule has 0 radical (unpaired) electrons. The molecule has 0 spiro atoms. The van der Waals surface area contributed by atoms with Gasteiger partial charge in [-0.1, -0.05) is 212 Å². The zero-order valence-corrected chi connectivity index (χ0v) is 37.5. The summed E-state index contributed by atoms with van der Waals surface area (Å²) in [6.45, 7) is 4.11. The van der Waals surface area contributed by atoms with Gasteiger partial charge in [0, 0.05) is 6.42 Å². The Hall–Kier alpha value is -3.21. The van der Waals surface area contributed by atoms with Crippen LogP contribution in [0.2, 0.25) is 0 Å². The average Bonchev–Trinajstić information content (AvgIpc) is 3.23. The fraction of sp³-hybridized carbons (Fsp3) is 0.611. The molecule has 0 aromatic carbocycles. The van der Waals surface area contributed by atoms with Crippen molar-refractivity contribution in [2.45, 2.75) is 206 Å². The summed E-state index contributed by atoms with van der Waals surface area (Å²) in [5.41, 5.74) is 0. The number of carbonyl (C=O) groups excluding carboxylic acids is 1. The topological polar surface area (TPSA) is 69.6 Å². The highest BCUT2D eigenvalue weighted by Gasteiger charge is 2.17. The van der Waals surface area contributed by atoms with E-state index in [0.29, 0.717) is 6.42 Å². The molecular weight excluding hydrogens is 711 g/mol. The van der Waals surface area contributed by atoms with Crippen LogP contribution in [0.1, 0.15) is 194 Å². The predicted octanol–water partition coefficient (Wildman–Crippen LogP) is 15.3. The first kappa shape index (κ1) is 54.8. The van der Waals surface area contributed by atoms with Crippen LogP contribution in [0, 0.1) is 0 Å². The Morgan fingerprint density at radius 2 is 0.776 bits per heavy atom. The second-order valence-corrected chi connectivity index (χ2v) is 15.4. The van der Waals surface area contributed by atoms with E-state index in [1.165, 1.54) is 89.9 Å². The molecule has 0 aliphatic heterocycles. The molecule has 4 heteroatoms. The number of aliphatic hydroxyl groups excluding tert-OH is 2. The Morgan fingerprint density at radius 1 is 0.431 bits per heavy atom. The molecule has 0 heterocycles. The van der Waals surface area contributed by atoms with Gasteiger partial charge in [0.25, 0.3) is 0 Å². The Balaban J connectivity index is 3.58. The third-order valence-corrected chi connectivity index (χ3v) is 9.93. The largest absolute Gasteiger partial charge is 0.394 e. The number of unbranched alkanes of at least 4 members (excludes halogenated alkanes) is 16. The van der Waals surface area contributed by atoms with Gasteiger partial charge in [-0.2, -0.15) is 0 Å². The van der Waals surface area contributed by atoms with Gasteiger partial charge in [0.2, 0.25) is 5.91 Å². The third-order valence-electron chi connectivity index (χ3n) is 9.93. The standard InChI is InChI=1S/C54H89NO3/c1-3-5-7-9-11-13-14-15-16-17-18-19-20-21-22-23-24-25-26-27-28-29-30-31-32-33-34-35-36-37-38-39-40-42-44-46-48-50-54(58)55-52(51-56)53(57)49-47-45-43-41-12-10-8-6-4-2/h5,7,11-13,15-16,18-19,21-22,24-25,27-28,30-31,41,47,49,52-53,56-57H,3-4,6,8-10,14,17,20,23,26,29,32-40,42-46,48,50-51H2,1-2H3,(H,55,58)/b7-5-,13-11-,16-15-,19-18-,22-21-,25-24-,28-27-,31-30-,41-12+,49-47+. The van der Waals surface area contributed by atoms with E-state index in [9.17, 15) is 15.0 Å². The number of rotatable bonds is 41. The van der Waals surface area contributed by atoms with E-state index < -0.39 is 12.1 Å². The van der Waals surface area contributed by atoms with Crippen molar-refractivity contribution >= 4 is 5.91 Å². The molecule has 0 bridgehead atoms. The lowest BCUT2D eigenvalue weighted by Crippen LogP contribution is -2.45. The summed E-state index contributed by atoms with van der Waals surface area (Å²) in [5.74, 6) is -0.0851. The molecule has 3 N–H and O–H groups in total. The van der Waals surface area contributed by atoms with Crippen LogP contribution in [-0.2, 0) is 4.79 Å². The molecule has 0 aromatic rings. The van der Waals surface area contributed by atoms with Gasteiger partial charge in [0.15, 0.2) is 0 Å². The van der Waals surface area contributed by atoms with Crippen LogP contribution in [-0.4, -0.2) is 34.9 Å². The second-order valence-electron chi connectivity index (χ2n) is 15.4. The van der Waals surface area contributed by atoms with E-state index in [0.717, 1.165) is 83.5 Å². The highest BCUT2D eigenvalue weighted by atomic mass is 16.3. The Labute approximate surface area is 358 Å². The molecule has 0 aliphatic carbocycles. The fourth-order valence-corrected chi connectivity index (χ4v) is 6.33. The van der Waals surface area contributed by atoms with E-state index in [4.69, 9.17) is 0 Å². The number of nitrogens with one attached hydrogen (secondary N) is 1. The molecule has 0 rings (SSSR count). The van der Waals surface area contributed by atoms with Gasteiger partial charge >= 0.3 is 0 Å². The first-order valence-electron chi connectivity index (χ1n) is 23.7. The van der Waals surface area contributed by atoms with Crippen LogP contribution < -0.4 is 5.32 Å². The van der Waals surface area contributed by atoms with Gasteiger partial charge in [0.1, 0.15) is 0 Å². The van der Waals surface area contributed by atoms with Crippen LogP contribution in [0.3, 0.4) is 0 Å². The van der Waals surface area contributed by atoms with E-state index in [2.05, 4.69) is 129 Å². The van der Waals surface area contributed by atoms with E-state index >= 15 is 0 Å². The summed E-state index contributed by atoms with van der Waals surface area (Å²) >= 11 is 0. The maximum absolute atomic E-state index is 12.3. The van der Waals surface area contributed by atoms with E-state index in [1.807, 2.05) is 6.08 Å². The number of carbonyl (C=O) groups is 1. The van der Waals surface area contributed by atoms with Crippen LogP contribution in [0.4, 0.5) is 0 Å². The highest BCUT2D eigenvalue weighted by molar-refractivity contribution is 5.76. The molecule has 2 unspecified atom stereocenters. The molecule has 0 aliphatic rings. The fourth-order valence-electron chi connectivity index (χ4n) is 6.33. The molecule has 2 atom stereocenters. The molecule has 0 aromatic heterocycles. The lowest BCUT2D eigenvalue weighted by Gasteiger charge is -2.19. The summed E-state index contributed by atoms with van der Waals surface area (Å²) in [6.07, 6.45) is 74.8. The molecule has 0 saturated carbocycles. The maximum Gasteiger partial charge on any atom is 0.220 e. The van der Waals surface area contributed by atoms with Gasteiger partial charge in [-0.25, -0.2) is 0 Å². The van der Waals surface area contributed by atoms with Gasteiger partial charge in [0.05, 0.1) is 18.8 Å². The second kappa shape index (κ2) is 48.2. The van der Waals surface area contributed by atoms with E-state index in [-0.39, 0.29) is 12.5 Å². The van der Waals surface area contributed by atoms with Crippen molar-refractivity contribution < 1.29 is 15.0 Å². The Kier molecular flexibility index (Phi) is 45.5. The monoisotopic (exact) mass is 800 g/mol. The normalized spacial score (nSPS) is 14.1. The van der Waals surface area contributed by atoms with Crippen molar-refractivity contribution in [1.29, 1.82) is 0 Å². The molecule has 4 nitrogen and oxygen atoms in total. The number of hydrogen-bond acceptors (Lipinski definition) is 3. The predicted molar refractivity (Wildman–Crippen MR) is 257 cm³/mol. The molecule has 0 saturated heterocycles. The third kappa shape index (κ3) is 43.9. The smallest absolute Gasteiger partial charge is 0.220 e. The lowest BCUT2D eigenvalue weighted by atomic mass is 10.0. The van der Waals surface area contributed by atoms with Crippen molar-refractivity contribution in [3.63, 3.8) is 0 Å². The molecule has 0 fully saturated rings. The van der Waals surface area contributed by atoms with Crippen LogP contribution in [0.5, 0.6) is 0 Å². The summed E-state index contributed by atoms with van der Waals surface area (Å²) in [4.78, 5) is 12.3. The van der Waals surface area contributed by atoms with Crippen molar-refractivity contribution in [2.75, 3.05) is 6.61 Å². The summed E-state index contributed by atoms with van der Waals surface area (Å²) < 4.78 is 0. The summed E-state index contributed by atoms with van der Waals surface area (Å²) in [5, 5.41) is 22.8. The van der Waals surface area contributed by atoms with Gasteiger partial charge in [-0.3, -0.25) is 4.79 Å². The molecular formula is C54H89NO3. The number of aliphatic hydroxyl groups is 2. The first-order chi connectivity index (χ1) is 28.7. The highest BCUT2D eigenvalue weighted by Crippen LogP contribution is 2.14. The quantitative estimate of drug-likeness (QED) is 0.0426. The Bertz CT molecular complexity index is 1180. The number of hydrogen-bond donors (Lipinski definition) is 3. The van der Waals surface area contributed by atoms with Crippen molar-refractivity contribution in [3.8, 4) is 0 Å². The van der Waals surface area contributed by atoms with E-state index in [1.54, 1.807) is 6.08 Å². The Morgan fingerprint density at radius 3 is 1.21 bits per heavy atom. The minimum Gasteiger partial charge on any atom is -0.394 e. The van der Waals surface area contributed by atoms with Crippen LogP contribution in [0.15, 0.2) is 122 Å². The maximum atomic E-state index is 12.3. The average molecular weight is 800 g/mol. The summed E-state index contributed by atoms with van der Waals surface area (Å²) in [6, 6.07) is -0.645. The van der Waals surface area contributed by atoms with Crippen molar-refractivity contribution in [3.05, 3.63) is 122 Å².